The molecule has 1 aliphatic rings. The predicted molar refractivity (Wildman–Crippen MR) is 64.6 cm³/mol. The number of benzene rings is 1. The molecule has 0 radical (unpaired) electrons. The molecule has 16 heavy (non-hydrogen) atoms. The number of aryl methyl sites for hydroxylation is 1. The zero-order valence-corrected chi connectivity index (χ0v) is 9.49. The van der Waals surface area contributed by atoms with Crippen LogP contribution < -0.4 is 5.32 Å². The standard InChI is InChI=1S/C13H16N2O/c1-2-13-15-11-7-10(5-6-12(11)16-13)14-8-9-3-4-9/h5-7,9,14H,2-4,8H2,1H3. The first kappa shape index (κ1) is 9.70. The highest BCUT2D eigenvalue weighted by Gasteiger charge is 2.20. The van der Waals surface area contributed by atoms with E-state index < -0.39 is 0 Å². The monoisotopic (exact) mass is 216 g/mol. The Balaban J connectivity index is 1.82. The van der Waals surface area contributed by atoms with E-state index in [1.807, 2.05) is 6.07 Å². The van der Waals surface area contributed by atoms with Gasteiger partial charge in [-0.1, -0.05) is 6.92 Å². The lowest BCUT2D eigenvalue weighted by molar-refractivity contribution is 0.538. The molecule has 0 spiro atoms. The summed E-state index contributed by atoms with van der Waals surface area (Å²) in [6.45, 7) is 3.14. The fraction of sp³-hybridized carbons (Fsp3) is 0.462. The number of hydrogen-bond donors (Lipinski definition) is 1. The molecule has 1 heterocycles. The van der Waals surface area contributed by atoms with Crippen molar-refractivity contribution >= 4 is 16.8 Å². The lowest BCUT2D eigenvalue weighted by Gasteiger charge is -2.03. The van der Waals surface area contributed by atoms with E-state index in [0.717, 1.165) is 41.6 Å². The molecular weight excluding hydrogens is 200 g/mol. The average molecular weight is 216 g/mol. The summed E-state index contributed by atoms with van der Waals surface area (Å²) in [7, 11) is 0. The molecule has 3 nitrogen and oxygen atoms in total. The van der Waals surface area contributed by atoms with Crippen molar-refractivity contribution in [3.05, 3.63) is 24.1 Å². The Kier molecular flexibility index (Phi) is 2.31. The summed E-state index contributed by atoms with van der Waals surface area (Å²) >= 11 is 0. The molecule has 1 saturated carbocycles. The highest BCUT2D eigenvalue weighted by Crippen LogP contribution is 2.29. The van der Waals surface area contributed by atoms with E-state index in [1.54, 1.807) is 0 Å². The zero-order chi connectivity index (χ0) is 11.0. The third-order valence-electron chi connectivity index (χ3n) is 3.03. The van der Waals surface area contributed by atoms with Crippen molar-refractivity contribution in [2.45, 2.75) is 26.2 Å². The van der Waals surface area contributed by atoms with Crippen LogP contribution in [0.4, 0.5) is 5.69 Å². The Morgan fingerprint density at radius 3 is 3.06 bits per heavy atom. The van der Waals surface area contributed by atoms with Crippen molar-refractivity contribution in [3.8, 4) is 0 Å². The predicted octanol–water partition coefficient (Wildman–Crippen LogP) is 3.21. The molecule has 0 atom stereocenters. The minimum Gasteiger partial charge on any atom is -0.441 e. The van der Waals surface area contributed by atoms with Crippen LogP contribution in [0.3, 0.4) is 0 Å². The van der Waals surface area contributed by atoms with Crippen LogP contribution in [0.2, 0.25) is 0 Å². The lowest BCUT2D eigenvalue weighted by Crippen LogP contribution is -2.02. The number of rotatable bonds is 4. The van der Waals surface area contributed by atoms with Gasteiger partial charge in [0.05, 0.1) is 0 Å². The molecular formula is C13H16N2O. The topological polar surface area (TPSA) is 38.1 Å². The molecule has 1 aliphatic carbocycles. The van der Waals surface area contributed by atoms with Gasteiger partial charge in [-0.25, -0.2) is 4.98 Å². The van der Waals surface area contributed by atoms with E-state index >= 15 is 0 Å². The van der Waals surface area contributed by atoms with E-state index in [1.165, 1.54) is 12.8 Å². The van der Waals surface area contributed by atoms with Crippen LogP contribution in [0.15, 0.2) is 22.6 Å². The van der Waals surface area contributed by atoms with Crippen molar-refractivity contribution in [1.82, 2.24) is 4.98 Å². The SMILES string of the molecule is CCc1nc2cc(NCC3CC3)ccc2o1. The Hall–Kier alpha value is -1.51. The number of oxazole rings is 1. The average Bonchev–Trinajstić information content (AvgIpc) is 3.04. The minimum absolute atomic E-state index is 0.814. The smallest absolute Gasteiger partial charge is 0.195 e. The molecule has 2 aromatic rings. The van der Waals surface area contributed by atoms with Crippen molar-refractivity contribution < 1.29 is 4.42 Å². The molecule has 0 saturated heterocycles. The molecule has 0 amide bonds. The van der Waals surface area contributed by atoms with Gasteiger partial charge in [-0.15, -0.1) is 0 Å². The number of aromatic nitrogens is 1. The van der Waals surface area contributed by atoms with E-state index in [-0.39, 0.29) is 0 Å². The van der Waals surface area contributed by atoms with E-state index in [4.69, 9.17) is 4.42 Å². The summed E-state index contributed by atoms with van der Waals surface area (Å²) in [4.78, 5) is 4.43. The first-order valence-electron chi connectivity index (χ1n) is 5.98. The fourth-order valence-electron chi connectivity index (χ4n) is 1.82. The van der Waals surface area contributed by atoms with Crippen molar-refractivity contribution in [3.63, 3.8) is 0 Å². The van der Waals surface area contributed by atoms with Gasteiger partial charge in [0, 0.05) is 18.7 Å². The summed E-state index contributed by atoms with van der Waals surface area (Å²) < 4.78 is 5.57. The van der Waals surface area contributed by atoms with Crippen LogP contribution in [0.25, 0.3) is 11.1 Å². The maximum atomic E-state index is 5.57. The van der Waals surface area contributed by atoms with Crippen LogP contribution in [-0.2, 0) is 6.42 Å². The van der Waals surface area contributed by atoms with Crippen molar-refractivity contribution in [2.75, 3.05) is 11.9 Å². The molecule has 3 heteroatoms. The molecule has 0 aliphatic heterocycles. The van der Waals surface area contributed by atoms with Crippen LogP contribution in [-0.4, -0.2) is 11.5 Å². The van der Waals surface area contributed by atoms with Crippen molar-refractivity contribution in [1.29, 1.82) is 0 Å². The van der Waals surface area contributed by atoms with Gasteiger partial charge in [0.15, 0.2) is 11.5 Å². The van der Waals surface area contributed by atoms with Crippen molar-refractivity contribution in [2.24, 2.45) is 5.92 Å². The quantitative estimate of drug-likeness (QED) is 0.852. The largest absolute Gasteiger partial charge is 0.441 e. The second-order valence-electron chi connectivity index (χ2n) is 4.47. The summed E-state index contributed by atoms with van der Waals surface area (Å²) in [6.07, 6.45) is 3.60. The second-order valence-corrected chi connectivity index (χ2v) is 4.47. The third kappa shape index (κ3) is 1.90. The summed E-state index contributed by atoms with van der Waals surface area (Å²) in [5.74, 6) is 1.70. The van der Waals surface area contributed by atoms with E-state index in [9.17, 15) is 0 Å². The van der Waals surface area contributed by atoms with Crippen LogP contribution in [0.1, 0.15) is 25.7 Å². The molecule has 84 valence electrons. The molecule has 1 N–H and O–H groups in total. The van der Waals surface area contributed by atoms with Gasteiger partial charge in [0.1, 0.15) is 5.52 Å². The number of hydrogen-bond acceptors (Lipinski definition) is 3. The second kappa shape index (κ2) is 3.81. The van der Waals surface area contributed by atoms with Gasteiger partial charge >= 0.3 is 0 Å². The minimum atomic E-state index is 0.814. The van der Waals surface area contributed by atoms with E-state index in [2.05, 4.69) is 29.4 Å². The normalized spacial score (nSPS) is 15.6. The Bertz CT molecular complexity index is 500. The Labute approximate surface area is 94.9 Å². The molecule has 1 fully saturated rings. The summed E-state index contributed by atoms with van der Waals surface area (Å²) in [5, 5.41) is 3.44. The first-order chi connectivity index (χ1) is 7.85. The Morgan fingerprint density at radius 2 is 2.31 bits per heavy atom. The summed E-state index contributed by atoms with van der Waals surface area (Å²) in [6, 6.07) is 6.13. The van der Waals surface area contributed by atoms with Gasteiger partial charge in [0.25, 0.3) is 0 Å². The first-order valence-corrected chi connectivity index (χ1v) is 5.98. The van der Waals surface area contributed by atoms with Gasteiger partial charge < -0.3 is 9.73 Å². The number of nitrogens with one attached hydrogen (secondary N) is 1. The lowest BCUT2D eigenvalue weighted by atomic mass is 10.3. The number of nitrogens with zero attached hydrogens (tertiary/aromatic N) is 1. The van der Waals surface area contributed by atoms with Crippen LogP contribution in [0.5, 0.6) is 0 Å². The molecule has 1 aromatic heterocycles. The molecule has 0 bridgehead atoms. The van der Waals surface area contributed by atoms with E-state index in [0.29, 0.717) is 0 Å². The summed E-state index contributed by atoms with van der Waals surface area (Å²) in [5.41, 5.74) is 2.99. The fourth-order valence-corrected chi connectivity index (χ4v) is 1.82. The highest BCUT2D eigenvalue weighted by atomic mass is 16.3. The number of anilines is 1. The maximum absolute atomic E-state index is 5.57. The van der Waals surface area contributed by atoms with Crippen LogP contribution >= 0.6 is 0 Å². The van der Waals surface area contributed by atoms with Gasteiger partial charge in [-0.05, 0) is 37.0 Å². The third-order valence-corrected chi connectivity index (χ3v) is 3.03. The van der Waals surface area contributed by atoms with Crippen LogP contribution in [0, 0.1) is 5.92 Å². The molecule has 0 unspecified atom stereocenters. The van der Waals surface area contributed by atoms with Gasteiger partial charge in [0.2, 0.25) is 0 Å². The molecule has 1 aromatic carbocycles. The zero-order valence-electron chi connectivity index (χ0n) is 9.49. The Morgan fingerprint density at radius 1 is 1.44 bits per heavy atom. The highest BCUT2D eigenvalue weighted by molar-refractivity contribution is 5.77. The van der Waals surface area contributed by atoms with Gasteiger partial charge in [-0.2, -0.15) is 0 Å². The van der Waals surface area contributed by atoms with Gasteiger partial charge in [-0.3, -0.25) is 0 Å². The maximum Gasteiger partial charge on any atom is 0.195 e. The molecule has 3 rings (SSSR count). The number of fused-ring (bicyclic) bond motifs is 1.